The largest absolute Gasteiger partial charge is 0.271 e. The van der Waals surface area contributed by atoms with E-state index in [0.717, 1.165) is 6.42 Å². The van der Waals surface area contributed by atoms with E-state index in [9.17, 15) is 0 Å². The molecule has 0 saturated carbocycles. The molecule has 2 rings (SSSR count). The predicted molar refractivity (Wildman–Crippen MR) is 87.2 cm³/mol. The fourth-order valence-electron chi connectivity index (χ4n) is 2.55. The van der Waals surface area contributed by atoms with E-state index in [1.807, 2.05) is 0 Å². The minimum Gasteiger partial charge on any atom is -0.271 e. The Morgan fingerprint density at radius 1 is 1.05 bits per heavy atom. The summed E-state index contributed by atoms with van der Waals surface area (Å²) >= 11 is 0. The van der Waals surface area contributed by atoms with Crippen molar-refractivity contribution in [2.75, 3.05) is 0 Å². The van der Waals surface area contributed by atoms with E-state index in [0.29, 0.717) is 11.3 Å². The molecule has 3 N–H and O–H groups in total. The van der Waals surface area contributed by atoms with Crippen LogP contribution in [0.4, 0.5) is 0 Å². The molecule has 0 aliphatic rings. The van der Waals surface area contributed by atoms with Gasteiger partial charge in [0.05, 0.1) is 0 Å². The first-order chi connectivity index (χ1) is 9.43. The lowest BCUT2D eigenvalue weighted by Crippen LogP contribution is -2.32. The number of hydrogen-bond donors (Lipinski definition) is 2. The number of hydrazine groups is 1. The minimum atomic E-state index is 0.190. The van der Waals surface area contributed by atoms with Gasteiger partial charge in [0.1, 0.15) is 0 Å². The van der Waals surface area contributed by atoms with Gasteiger partial charge in [0.15, 0.2) is 0 Å². The van der Waals surface area contributed by atoms with Crippen LogP contribution in [-0.2, 0) is 0 Å². The van der Waals surface area contributed by atoms with Crippen LogP contribution >= 0.6 is 0 Å². The number of nitrogens with one attached hydrogen (secondary N) is 1. The van der Waals surface area contributed by atoms with Crippen LogP contribution in [-0.4, -0.2) is 0 Å². The summed E-state index contributed by atoms with van der Waals surface area (Å²) in [4.78, 5) is 0. The Labute approximate surface area is 122 Å². The lowest BCUT2D eigenvalue weighted by molar-refractivity contribution is 0.224. The fraction of sp³-hybridized carbons (Fsp3) is 0.444. The molecule has 2 aromatic rings. The van der Waals surface area contributed by atoms with Gasteiger partial charge < -0.3 is 0 Å². The second-order valence-electron chi connectivity index (χ2n) is 6.79. The highest BCUT2D eigenvalue weighted by Crippen LogP contribution is 2.35. The van der Waals surface area contributed by atoms with Crippen LogP contribution in [0.3, 0.4) is 0 Å². The van der Waals surface area contributed by atoms with Crippen molar-refractivity contribution in [3.05, 3.63) is 48.0 Å². The lowest BCUT2D eigenvalue weighted by atomic mass is 9.77. The molecular weight excluding hydrogens is 244 g/mol. The zero-order valence-electron chi connectivity index (χ0n) is 13.0. The molecule has 0 heterocycles. The first kappa shape index (κ1) is 15.0. The van der Waals surface area contributed by atoms with Crippen molar-refractivity contribution >= 4 is 10.8 Å². The summed E-state index contributed by atoms with van der Waals surface area (Å²) in [6, 6.07) is 15.1. The first-order valence-electron chi connectivity index (χ1n) is 7.37. The first-order valence-corrected chi connectivity index (χ1v) is 7.37. The Kier molecular flexibility index (Phi) is 4.46. The normalized spacial score (nSPS) is 15.2. The van der Waals surface area contributed by atoms with E-state index in [2.05, 4.69) is 75.6 Å². The summed E-state index contributed by atoms with van der Waals surface area (Å²) in [6.07, 6.45) is 1.04. The van der Waals surface area contributed by atoms with E-state index >= 15 is 0 Å². The molecule has 2 heteroatoms. The van der Waals surface area contributed by atoms with Gasteiger partial charge in [-0.15, -0.1) is 0 Å². The van der Waals surface area contributed by atoms with Gasteiger partial charge in [-0.05, 0) is 34.1 Å². The molecule has 0 aliphatic heterocycles. The number of benzene rings is 2. The van der Waals surface area contributed by atoms with Crippen LogP contribution in [0.5, 0.6) is 0 Å². The Hall–Kier alpha value is -1.38. The van der Waals surface area contributed by atoms with E-state index in [4.69, 9.17) is 5.84 Å². The zero-order chi connectivity index (χ0) is 14.8. The molecule has 2 atom stereocenters. The molecule has 2 aromatic carbocycles. The monoisotopic (exact) mass is 270 g/mol. The van der Waals surface area contributed by atoms with Crippen LogP contribution in [0.25, 0.3) is 10.8 Å². The van der Waals surface area contributed by atoms with Gasteiger partial charge in [0, 0.05) is 6.04 Å². The summed E-state index contributed by atoms with van der Waals surface area (Å²) in [7, 11) is 0. The van der Waals surface area contributed by atoms with Gasteiger partial charge >= 0.3 is 0 Å². The summed E-state index contributed by atoms with van der Waals surface area (Å²) in [6.45, 7) is 9.16. The Morgan fingerprint density at radius 2 is 1.70 bits per heavy atom. The van der Waals surface area contributed by atoms with Crippen molar-refractivity contribution in [1.29, 1.82) is 0 Å². The third-order valence-electron chi connectivity index (χ3n) is 4.47. The van der Waals surface area contributed by atoms with Gasteiger partial charge in [0.2, 0.25) is 0 Å². The smallest absolute Gasteiger partial charge is 0.0468 e. The standard InChI is InChI=1S/C18H26N2/c1-13(18(2,3)4)12-17(20-19)16-11-7-9-14-8-5-6-10-15(14)16/h5-11,13,17,20H,12,19H2,1-4H3. The highest BCUT2D eigenvalue weighted by Gasteiger charge is 2.24. The Balaban J connectivity index is 2.35. The van der Waals surface area contributed by atoms with Crippen LogP contribution in [0, 0.1) is 11.3 Å². The summed E-state index contributed by atoms with van der Waals surface area (Å²) in [5.74, 6) is 6.42. The molecule has 0 bridgehead atoms. The molecule has 108 valence electrons. The second-order valence-corrected chi connectivity index (χ2v) is 6.79. The fourth-order valence-corrected chi connectivity index (χ4v) is 2.55. The molecule has 0 saturated heterocycles. The highest BCUT2D eigenvalue weighted by atomic mass is 15.2. The topological polar surface area (TPSA) is 38.0 Å². The quantitative estimate of drug-likeness (QED) is 0.637. The van der Waals surface area contributed by atoms with Gasteiger partial charge in [-0.2, -0.15) is 0 Å². The third kappa shape index (κ3) is 3.20. The van der Waals surface area contributed by atoms with Gasteiger partial charge in [-0.3, -0.25) is 11.3 Å². The van der Waals surface area contributed by atoms with Crippen LogP contribution in [0.2, 0.25) is 0 Å². The van der Waals surface area contributed by atoms with E-state index < -0.39 is 0 Å². The summed E-state index contributed by atoms with van der Waals surface area (Å²) in [5, 5.41) is 2.56. The van der Waals surface area contributed by atoms with Crippen molar-refractivity contribution in [2.24, 2.45) is 17.2 Å². The zero-order valence-corrected chi connectivity index (χ0v) is 13.0. The number of hydrogen-bond acceptors (Lipinski definition) is 2. The molecule has 0 amide bonds. The SMILES string of the molecule is CC(CC(NN)c1cccc2ccccc12)C(C)(C)C. The van der Waals surface area contributed by atoms with Crippen molar-refractivity contribution in [3.8, 4) is 0 Å². The number of rotatable bonds is 4. The van der Waals surface area contributed by atoms with Crippen LogP contribution in [0.1, 0.15) is 45.7 Å². The molecular formula is C18H26N2. The van der Waals surface area contributed by atoms with Crippen molar-refractivity contribution < 1.29 is 0 Å². The van der Waals surface area contributed by atoms with Gasteiger partial charge in [0.25, 0.3) is 0 Å². The predicted octanol–water partition coefficient (Wildman–Crippen LogP) is 4.42. The summed E-state index contributed by atoms with van der Waals surface area (Å²) < 4.78 is 0. The maximum Gasteiger partial charge on any atom is 0.0468 e. The second kappa shape index (κ2) is 5.94. The average Bonchev–Trinajstić information content (AvgIpc) is 2.43. The minimum absolute atomic E-state index is 0.190. The van der Waals surface area contributed by atoms with Crippen LogP contribution < -0.4 is 11.3 Å². The number of nitrogens with two attached hydrogens (primary N) is 1. The molecule has 0 aromatic heterocycles. The Morgan fingerprint density at radius 3 is 2.35 bits per heavy atom. The molecule has 0 fully saturated rings. The maximum atomic E-state index is 5.84. The molecule has 0 aliphatic carbocycles. The van der Waals surface area contributed by atoms with Crippen molar-refractivity contribution in [1.82, 2.24) is 5.43 Å². The lowest BCUT2D eigenvalue weighted by Gasteiger charge is -2.31. The van der Waals surface area contributed by atoms with Crippen LogP contribution in [0.15, 0.2) is 42.5 Å². The van der Waals surface area contributed by atoms with Gasteiger partial charge in [-0.25, -0.2) is 0 Å². The Bertz CT molecular complexity index is 564. The average molecular weight is 270 g/mol. The maximum absolute atomic E-state index is 5.84. The molecule has 0 spiro atoms. The number of fused-ring (bicyclic) bond motifs is 1. The molecule has 20 heavy (non-hydrogen) atoms. The van der Waals surface area contributed by atoms with E-state index in [1.165, 1.54) is 16.3 Å². The van der Waals surface area contributed by atoms with Crippen molar-refractivity contribution in [2.45, 2.75) is 40.2 Å². The molecule has 0 radical (unpaired) electrons. The molecule has 2 unspecified atom stereocenters. The summed E-state index contributed by atoms with van der Waals surface area (Å²) in [5.41, 5.74) is 4.60. The van der Waals surface area contributed by atoms with E-state index in [-0.39, 0.29) is 6.04 Å². The van der Waals surface area contributed by atoms with Crippen molar-refractivity contribution in [3.63, 3.8) is 0 Å². The molecule has 2 nitrogen and oxygen atoms in total. The van der Waals surface area contributed by atoms with Gasteiger partial charge in [-0.1, -0.05) is 70.2 Å². The highest BCUT2D eigenvalue weighted by molar-refractivity contribution is 5.86. The third-order valence-corrected chi connectivity index (χ3v) is 4.47. The van der Waals surface area contributed by atoms with E-state index in [1.54, 1.807) is 0 Å².